The van der Waals surface area contributed by atoms with Crippen molar-refractivity contribution in [2.75, 3.05) is 13.7 Å². The average molecular weight is 779 g/mol. The Balaban J connectivity index is 1.86. The Morgan fingerprint density at radius 3 is 2.33 bits per heavy atom. The summed E-state index contributed by atoms with van der Waals surface area (Å²) < 4.78 is 46.6. The standard InChI is InChI=1S/C39H54O16/c1-10-20(3)31(44)34(45)54-33-32(50-19-40)30(21(4)39(47)26(53-28(42)11-2)14-24(37(33,39)8)23-12-13-49-17-23)36(7)25(15-29(43)48-9)35(6)18-51-38(46,55-35)16-27(36)52-22(5)41/h12-13,17,19-20,24-27,30-33,44,46-47H,4,10-11,14-16,18H2,1-3,5-9H3/t20-,24-,25-,26+,27-,30?,31-,32+,33-,35-,36+,37+,38+,39+/m0/s1. The van der Waals surface area contributed by atoms with E-state index in [0.29, 0.717) is 12.0 Å². The second-order valence-electron chi connectivity index (χ2n) is 16.0. The first kappa shape index (κ1) is 42.3. The average Bonchev–Trinajstić information content (AvgIpc) is 3.83. The molecule has 0 radical (unpaired) electrons. The molecule has 4 fully saturated rings. The predicted octanol–water partition coefficient (Wildman–Crippen LogP) is 2.85. The number of furan rings is 1. The van der Waals surface area contributed by atoms with Gasteiger partial charge in [-0.05, 0) is 36.5 Å². The fourth-order valence-corrected chi connectivity index (χ4v) is 10.0. The van der Waals surface area contributed by atoms with Crippen molar-refractivity contribution >= 4 is 30.3 Å². The third-order valence-electron chi connectivity index (χ3n) is 13.1. The Morgan fingerprint density at radius 1 is 1.07 bits per heavy atom. The maximum Gasteiger partial charge on any atom is 0.335 e. The van der Waals surface area contributed by atoms with Gasteiger partial charge in [-0.15, -0.1) is 0 Å². The zero-order valence-electron chi connectivity index (χ0n) is 32.6. The van der Waals surface area contributed by atoms with Crippen LogP contribution in [0.3, 0.4) is 0 Å². The van der Waals surface area contributed by atoms with Crippen LogP contribution in [0.25, 0.3) is 0 Å². The van der Waals surface area contributed by atoms with Crippen molar-refractivity contribution in [3.05, 3.63) is 36.3 Å². The molecule has 4 aliphatic rings. The fraction of sp³-hybridized carbons (Fsp3) is 0.718. The van der Waals surface area contributed by atoms with Crippen molar-refractivity contribution in [3.63, 3.8) is 0 Å². The number of carbonyl (C=O) groups is 5. The number of hydrogen-bond acceptors (Lipinski definition) is 16. The molecule has 2 aliphatic carbocycles. The summed E-state index contributed by atoms with van der Waals surface area (Å²) in [5.41, 5.74) is -6.85. The lowest BCUT2D eigenvalue weighted by molar-refractivity contribution is -0.328. The van der Waals surface area contributed by atoms with Crippen LogP contribution in [0.5, 0.6) is 0 Å². The molecular weight excluding hydrogens is 724 g/mol. The van der Waals surface area contributed by atoms with E-state index >= 15 is 0 Å². The molecular formula is C39H54O16. The van der Waals surface area contributed by atoms with E-state index in [2.05, 4.69) is 6.58 Å². The molecule has 2 bridgehead atoms. The van der Waals surface area contributed by atoms with Crippen LogP contribution in [0.15, 0.2) is 35.2 Å². The molecule has 1 unspecified atom stereocenters. The Kier molecular flexibility index (Phi) is 11.7. The maximum atomic E-state index is 14.0. The van der Waals surface area contributed by atoms with E-state index < -0.39 is 119 Å². The van der Waals surface area contributed by atoms with Gasteiger partial charge in [-0.25, -0.2) is 4.79 Å². The minimum Gasteiger partial charge on any atom is -0.472 e. The molecule has 3 heterocycles. The van der Waals surface area contributed by atoms with Gasteiger partial charge >= 0.3 is 23.9 Å². The van der Waals surface area contributed by atoms with E-state index in [9.17, 15) is 39.3 Å². The molecule has 5 rings (SSSR count). The molecule has 3 N–H and O–H groups in total. The number of methoxy groups -OCH3 is 1. The topological polar surface area (TPSA) is 224 Å². The minimum atomic E-state index is -2.32. The molecule has 2 aliphatic heterocycles. The Hall–Kier alpha value is -3.83. The number of carbonyl (C=O) groups excluding carboxylic acids is 5. The summed E-state index contributed by atoms with van der Waals surface area (Å²) in [5.74, 6) is -9.55. The van der Waals surface area contributed by atoms with Crippen molar-refractivity contribution in [3.8, 4) is 0 Å². The smallest absolute Gasteiger partial charge is 0.335 e. The molecule has 1 aromatic heterocycles. The van der Waals surface area contributed by atoms with Crippen LogP contribution < -0.4 is 0 Å². The van der Waals surface area contributed by atoms with E-state index in [0.717, 1.165) is 6.92 Å². The van der Waals surface area contributed by atoms with Crippen molar-refractivity contribution in [1.29, 1.82) is 0 Å². The van der Waals surface area contributed by atoms with Crippen LogP contribution in [0.4, 0.5) is 0 Å². The third-order valence-corrected chi connectivity index (χ3v) is 13.1. The Morgan fingerprint density at radius 2 is 1.76 bits per heavy atom. The molecule has 16 heteroatoms. The van der Waals surface area contributed by atoms with Gasteiger partial charge in [-0.3, -0.25) is 19.2 Å². The fourth-order valence-electron chi connectivity index (χ4n) is 10.0. The summed E-state index contributed by atoms with van der Waals surface area (Å²) in [5, 5.41) is 36.3. The highest BCUT2D eigenvalue weighted by Gasteiger charge is 2.79. The quantitative estimate of drug-likeness (QED) is 0.113. The molecule has 14 atom stereocenters. The zero-order valence-corrected chi connectivity index (χ0v) is 32.6. The summed E-state index contributed by atoms with van der Waals surface area (Å²) in [6.45, 7) is 15.2. The molecule has 1 aromatic rings. The van der Waals surface area contributed by atoms with Crippen molar-refractivity contribution in [2.24, 2.45) is 28.6 Å². The molecule has 2 saturated carbocycles. The van der Waals surface area contributed by atoms with Crippen LogP contribution in [0.2, 0.25) is 0 Å². The number of aliphatic hydroxyl groups excluding tert-OH is 1. The first-order valence-corrected chi connectivity index (χ1v) is 18.6. The summed E-state index contributed by atoms with van der Waals surface area (Å²) in [6, 6.07) is 1.64. The van der Waals surface area contributed by atoms with Gasteiger partial charge in [0.2, 0.25) is 0 Å². The van der Waals surface area contributed by atoms with Crippen LogP contribution in [-0.2, 0) is 57.1 Å². The van der Waals surface area contributed by atoms with Crippen LogP contribution in [0.1, 0.15) is 92.1 Å². The van der Waals surface area contributed by atoms with Gasteiger partial charge in [-0.2, -0.15) is 0 Å². The summed E-state index contributed by atoms with van der Waals surface area (Å²) >= 11 is 0. The van der Waals surface area contributed by atoms with Gasteiger partial charge in [0.25, 0.3) is 12.4 Å². The second-order valence-corrected chi connectivity index (χ2v) is 16.0. The Labute approximate surface area is 319 Å². The van der Waals surface area contributed by atoms with Gasteiger partial charge in [-0.1, -0.05) is 47.6 Å². The maximum absolute atomic E-state index is 14.0. The van der Waals surface area contributed by atoms with E-state index in [-0.39, 0.29) is 31.5 Å². The SMILES string of the molecule is C=C1C([C@@]2(C)[C@@H](OC(C)=O)C[C@@]3(O)OC[C@](C)(O3)[C@@H]2CC(=O)OC)[C@@H](OC=O)[C@H](OC(=O)[C@@H](O)[C@@H](C)CC)[C@@]2(C)[C@H](c3ccoc3)C[C@@H](OC(=O)CC)[C@]12O. The number of ether oxygens (including phenoxy) is 7. The van der Waals surface area contributed by atoms with Crippen LogP contribution in [-0.4, -0.2) is 107 Å². The van der Waals surface area contributed by atoms with Crippen molar-refractivity contribution in [1.82, 2.24) is 0 Å². The highest BCUT2D eigenvalue weighted by atomic mass is 16.9. The normalized spacial score (nSPS) is 40.6. The van der Waals surface area contributed by atoms with Gasteiger partial charge in [0.05, 0.1) is 50.1 Å². The number of rotatable bonds is 13. The third kappa shape index (κ3) is 6.77. The van der Waals surface area contributed by atoms with Crippen molar-refractivity contribution in [2.45, 2.75) is 134 Å². The lowest BCUT2D eigenvalue weighted by Gasteiger charge is -2.62. The summed E-state index contributed by atoms with van der Waals surface area (Å²) in [7, 11) is 1.18. The molecule has 16 nitrogen and oxygen atoms in total. The monoisotopic (exact) mass is 778 g/mol. The second kappa shape index (κ2) is 15.3. The lowest BCUT2D eigenvalue weighted by Crippen LogP contribution is -2.72. The van der Waals surface area contributed by atoms with Gasteiger partial charge in [0, 0.05) is 36.5 Å². The van der Waals surface area contributed by atoms with Crippen molar-refractivity contribution < 1.29 is 76.9 Å². The summed E-state index contributed by atoms with van der Waals surface area (Å²) in [4.78, 5) is 66.1. The number of aliphatic hydroxyl groups is 3. The lowest BCUT2D eigenvalue weighted by atomic mass is 9.46. The Bertz CT molecular complexity index is 1640. The van der Waals surface area contributed by atoms with Gasteiger partial charge in [0.15, 0.2) is 6.10 Å². The first-order valence-electron chi connectivity index (χ1n) is 18.6. The molecule has 2 saturated heterocycles. The number of esters is 4. The highest BCUT2D eigenvalue weighted by Crippen LogP contribution is 2.70. The molecule has 0 amide bonds. The van der Waals surface area contributed by atoms with E-state index in [1.807, 2.05) is 0 Å². The first-order chi connectivity index (χ1) is 25.7. The molecule has 0 aromatic carbocycles. The minimum absolute atomic E-state index is 0.0517. The largest absolute Gasteiger partial charge is 0.472 e. The molecule has 0 spiro atoms. The van der Waals surface area contributed by atoms with E-state index in [4.69, 9.17) is 37.6 Å². The van der Waals surface area contributed by atoms with E-state index in [1.165, 1.54) is 19.6 Å². The van der Waals surface area contributed by atoms with Gasteiger partial charge < -0.3 is 52.9 Å². The summed E-state index contributed by atoms with van der Waals surface area (Å²) in [6.07, 6.45) is -5.48. The van der Waals surface area contributed by atoms with Gasteiger partial charge in [0.1, 0.15) is 30.0 Å². The van der Waals surface area contributed by atoms with Crippen LogP contribution >= 0.6 is 0 Å². The zero-order chi connectivity index (χ0) is 40.9. The molecule has 55 heavy (non-hydrogen) atoms. The highest BCUT2D eigenvalue weighted by molar-refractivity contribution is 5.75. The van der Waals surface area contributed by atoms with Crippen LogP contribution in [0, 0.1) is 28.6 Å². The number of hydrogen-bond donors (Lipinski definition) is 3. The van der Waals surface area contributed by atoms with E-state index in [1.54, 1.807) is 47.6 Å². The predicted molar refractivity (Wildman–Crippen MR) is 187 cm³/mol. The number of fused-ring (bicyclic) bond motifs is 3. The molecule has 306 valence electrons.